The molecule has 2 aliphatic heterocycles. The molecule has 0 radical (unpaired) electrons. The van der Waals surface area contributed by atoms with Gasteiger partial charge in [0.2, 0.25) is 0 Å². The van der Waals surface area contributed by atoms with Gasteiger partial charge in [0.15, 0.2) is 0 Å². The molecule has 3 nitrogen and oxygen atoms in total. The van der Waals surface area contributed by atoms with Crippen LogP contribution in [0.5, 0.6) is 0 Å². The minimum absolute atomic E-state index is 0.00646. The molecule has 10 aromatic rings. The highest BCUT2D eigenvalue weighted by molar-refractivity contribution is 7.32. The number of thiophene rings is 1. The molecular weight excluding hydrogens is 856 g/mol. The van der Waals surface area contributed by atoms with Crippen LogP contribution in [-0.2, 0) is 27.1 Å². The van der Waals surface area contributed by atoms with Crippen LogP contribution in [0.3, 0.4) is 0 Å². The molecule has 0 amide bonds. The SMILES string of the molecule is CC(C)(C)c1ccc(N2c3cc4c(oc5ccccc54)c4c3B(c3sc5cc6c(cc5c32)C(C)(C)CCC6(C)C)n2c3ccc(C(C)(C)C)cc3c3cc(C(C)(C)C)cc-4c32)c(-c2ccccc2)c1. The summed E-state index contributed by atoms with van der Waals surface area (Å²) in [5.41, 5.74) is 21.5. The predicted octanol–water partition coefficient (Wildman–Crippen LogP) is 17.2. The smallest absolute Gasteiger partial charge is 0.343 e. The number of benzene rings is 7. The first kappa shape index (κ1) is 43.0. The number of furan rings is 1. The minimum atomic E-state index is -0.100. The third kappa shape index (κ3) is 6.05. The number of anilines is 3. The summed E-state index contributed by atoms with van der Waals surface area (Å²) in [6.07, 6.45) is 2.34. The summed E-state index contributed by atoms with van der Waals surface area (Å²) in [7, 11) is 0. The second-order valence-electron chi connectivity index (χ2n) is 25.2. The zero-order valence-corrected chi connectivity index (χ0v) is 43.6. The molecule has 0 N–H and O–H groups in total. The third-order valence-corrected chi connectivity index (χ3v) is 17.9. The highest BCUT2D eigenvalue weighted by Gasteiger charge is 2.48. The first-order valence-electron chi connectivity index (χ1n) is 25.3. The summed E-state index contributed by atoms with van der Waals surface area (Å²) >= 11 is 2.02. The van der Waals surface area contributed by atoms with E-state index in [-0.39, 0.29) is 33.9 Å². The van der Waals surface area contributed by atoms with Crippen LogP contribution < -0.4 is 15.1 Å². The van der Waals surface area contributed by atoms with Crippen molar-refractivity contribution >= 4 is 99.3 Å². The number of rotatable bonds is 2. The fourth-order valence-corrected chi connectivity index (χ4v) is 13.8. The lowest BCUT2D eigenvalue weighted by Gasteiger charge is -2.42. The maximum atomic E-state index is 7.26. The van der Waals surface area contributed by atoms with Gasteiger partial charge in [-0.1, -0.05) is 151 Å². The van der Waals surface area contributed by atoms with Gasteiger partial charge in [-0.25, -0.2) is 0 Å². The molecule has 13 rings (SSSR count). The molecule has 0 unspecified atom stereocenters. The normalized spacial score (nSPS) is 16.2. The van der Waals surface area contributed by atoms with Crippen molar-refractivity contribution in [2.45, 2.75) is 130 Å². The molecule has 0 saturated carbocycles. The van der Waals surface area contributed by atoms with Crippen molar-refractivity contribution in [1.82, 2.24) is 4.48 Å². The Balaban J connectivity index is 1.27. The number of aromatic nitrogens is 1. The van der Waals surface area contributed by atoms with Crippen molar-refractivity contribution in [2.75, 3.05) is 4.90 Å². The monoisotopic (exact) mass is 918 g/mol. The van der Waals surface area contributed by atoms with E-state index in [1.165, 1.54) is 122 Å². The first-order valence-corrected chi connectivity index (χ1v) is 26.1. The fraction of sp³-hybridized carbons (Fsp3) is 0.312. The first-order chi connectivity index (χ1) is 32.6. The van der Waals surface area contributed by atoms with Crippen molar-refractivity contribution in [3.8, 4) is 22.3 Å². The van der Waals surface area contributed by atoms with Crippen LogP contribution >= 0.6 is 11.3 Å². The van der Waals surface area contributed by atoms with Gasteiger partial charge in [-0.3, -0.25) is 0 Å². The van der Waals surface area contributed by atoms with E-state index in [1.54, 1.807) is 0 Å². The number of nitrogens with zero attached hydrogens (tertiary/aromatic N) is 2. The van der Waals surface area contributed by atoms with Gasteiger partial charge >= 0.3 is 6.85 Å². The summed E-state index contributed by atoms with van der Waals surface area (Å²) in [6.45, 7) is 30.9. The van der Waals surface area contributed by atoms with Gasteiger partial charge in [-0.2, -0.15) is 0 Å². The molecule has 5 heteroatoms. The van der Waals surface area contributed by atoms with E-state index >= 15 is 0 Å². The highest BCUT2D eigenvalue weighted by Crippen LogP contribution is 2.56. The average Bonchev–Trinajstić information content (AvgIpc) is 3.97. The zero-order chi connectivity index (χ0) is 48.1. The lowest BCUT2D eigenvalue weighted by Crippen LogP contribution is -2.55. The van der Waals surface area contributed by atoms with Crippen molar-refractivity contribution < 1.29 is 4.42 Å². The van der Waals surface area contributed by atoms with E-state index in [2.05, 4.69) is 221 Å². The van der Waals surface area contributed by atoms with E-state index in [0.717, 1.165) is 21.9 Å². The van der Waals surface area contributed by atoms with Gasteiger partial charge in [-0.15, -0.1) is 11.3 Å². The molecule has 0 atom stereocenters. The molecule has 7 aromatic carbocycles. The van der Waals surface area contributed by atoms with Crippen LogP contribution in [0, 0.1) is 0 Å². The molecule has 1 aliphatic carbocycles. The Morgan fingerprint density at radius 1 is 0.551 bits per heavy atom. The Hall–Kier alpha value is -6.04. The summed E-state index contributed by atoms with van der Waals surface area (Å²) < 4.78 is 12.8. The van der Waals surface area contributed by atoms with Crippen LogP contribution in [-0.4, -0.2) is 11.3 Å². The summed E-state index contributed by atoms with van der Waals surface area (Å²) in [5, 5.41) is 6.31. The molecule has 0 bridgehead atoms. The molecular formula is C64H63BN2OS. The van der Waals surface area contributed by atoms with Crippen molar-refractivity contribution in [3.05, 3.63) is 149 Å². The fourth-order valence-electron chi connectivity index (χ4n) is 12.5. The third-order valence-electron chi connectivity index (χ3n) is 16.7. The predicted molar refractivity (Wildman–Crippen MR) is 299 cm³/mol. The highest BCUT2D eigenvalue weighted by atomic mass is 32.1. The molecule has 69 heavy (non-hydrogen) atoms. The summed E-state index contributed by atoms with van der Waals surface area (Å²) in [6, 6.07) is 47.3. The number of para-hydroxylation sites is 1. The van der Waals surface area contributed by atoms with E-state index in [0.29, 0.717) is 0 Å². The van der Waals surface area contributed by atoms with E-state index in [9.17, 15) is 0 Å². The second-order valence-corrected chi connectivity index (χ2v) is 26.3. The van der Waals surface area contributed by atoms with Gasteiger partial charge in [0.1, 0.15) is 11.2 Å². The number of fused-ring (bicyclic) bond motifs is 14. The van der Waals surface area contributed by atoms with E-state index < -0.39 is 0 Å². The van der Waals surface area contributed by atoms with Gasteiger partial charge in [0.25, 0.3) is 0 Å². The Kier molecular flexibility index (Phi) is 8.63. The maximum absolute atomic E-state index is 7.26. The minimum Gasteiger partial charge on any atom is -0.455 e. The van der Waals surface area contributed by atoms with Crippen molar-refractivity contribution in [2.24, 2.45) is 0 Å². The van der Waals surface area contributed by atoms with E-state index in [4.69, 9.17) is 4.42 Å². The Labute approximate surface area is 412 Å². The Morgan fingerprint density at radius 3 is 1.88 bits per heavy atom. The average molecular weight is 919 g/mol. The molecule has 3 aliphatic rings. The number of hydrogen-bond acceptors (Lipinski definition) is 3. The van der Waals surface area contributed by atoms with Crippen molar-refractivity contribution in [1.29, 1.82) is 0 Å². The zero-order valence-electron chi connectivity index (χ0n) is 42.7. The lowest BCUT2D eigenvalue weighted by molar-refractivity contribution is 0.332. The second kappa shape index (κ2) is 13.8. The summed E-state index contributed by atoms with van der Waals surface area (Å²) in [4.78, 5) is 2.71. The van der Waals surface area contributed by atoms with Gasteiger partial charge in [-0.05, 0) is 139 Å². The molecule has 0 saturated heterocycles. The molecule has 5 heterocycles. The lowest BCUT2D eigenvalue weighted by atomic mass is 9.48. The van der Waals surface area contributed by atoms with Crippen molar-refractivity contribution in [3.63, 3.8) is 0 Å². The standard InChI is InChI=1S/C64H63BN2OS/c1-60(2,3)37-23-25-49(41(29-37)36-19-15-14-16-20-36)66-51-34-44-40-21-17-18-22-52(40)68-58(44)54-46-32-39(62(7,8)9)31-43-42-30-38(61(4,5)6)24-26-50(42)67(56(43)46)65(55(51)54)59-57(66)45-33-47-48(35-53(45)69-59)64(12,13)28-27-63(47,10)11/h14-26,29-35H,27-28H2,1-13H3. The number of hydrogen-bond donors (Lipinski definition) is 0. The van der Waals surface area contributed by atoms with Crippen LogP contribution in [0.4, 0.5) is 17.1 Å². The van der Waals surface area contributed by atoms with Crippen LogP contribution in [0.1, 0.15) is 131 Å². The van der Waals surface area contributed by atoms with E-state index in [1.807, 2.05) is 11.3 Å². The Morgan fingerprint density at radius 2 is 1.17 bits per heavy atom. The van der Waals surface area contributed by atoms with Crippen LogP contribution in [0.25, 0.3) is 76.1 Å². The molecule has 344 valence electrons. The Bertz CT molecular complexity index is 3850. The maximum Gasteiger partial charge on any atom is 0.343 e. The topological polar surface area (TPSA) is 21.3 Å². The van der Waals surface area contributed by atoms with Gasteiger partial charge < -0.3 is 13.8 Å². The van der Waals surface area contributed by atoms with Crippen LogP contribution in [0.2, 0.25) is 0 Å². The molecule has 0 fully saturated rings. The molecule has 0 spiro atoms. The van der Waals surface area contributed by atoms with Gasteiger partial charge in [0.05, 0.1) is 11.4 Å². The summed E-state index contributed by atoms with van der Waals surface area (Å²) in [5.74, 6) is 0. The van der Waals surface area contributed by atoms with Gasteiger partial charge in [0, 0.05) is 69.8 Å². The molecule has 3 aromatic heterocycles. The largest absolute Gasteiger partial charge is 0.455 e. The quantitative estimate of drug-likeness (QED) is 0.161. The van der Waals surface area contributed by atoms with Crippen LogP contribution in [0.15, 0.2) is 126 Å².